The van der Waals surface area contributed by atoms with Crippen molar-refractivity contribution in [1.82, 2.24) is 15.0 Å². The van der Waals surface area contributed by atoms with Crippen molar-refractivity contribution in [2.24, 2.45) is 0 Å². The summed E-state index contributed by atoms with van der Waals surface area (Å²) in [6.45, 7) is 0.545. The van der Waals surface area contributed by atoms with Crippen LogP contribution in [-0.2, 0) is 6.54 Å². The first kappa shape index (κ1) is 10.2. The Kier molecular flexibility index (Phi) is 2.86. The highest BCUT2D eigenvalue weighted by Crippen LogP contribution is 2.09. The smallest absolute Gasteiger partial charge is 0.322 e. The number of hydrogen-bond acceptors (Lipinski definition) is 7. The topological polar surface area (TPSA) is 99.1 Å². The number of nitrogens with two attached hydrogens (primary N) is 1. The highest BCUT2D eigenvalue weighted by Gasteiger charge is 2.04. The van der Waals surface area contributed by atoms with Crippen molar-refractivity contribution in [3.8, 4) is 6.01 Å². The van der Waals surface area contributed by atoms with Gasteiger partial charge in [-0.25, -0.2) is 0 Å². The fraction of sp³-hybridized carbons (Fsp3) is 0.222. The van der Waals surface area contributed by atoms with Gasteiger partial charge in [-0.2, -0.15) is 15.0 Å². The summed E-state index contributed by atoms with van der Waals surface area (Å²) in [5, 5.41) is 2.98. The molecule has 3 N–H and O–H groups in total. The number of furan rings is 1. The van der Waals surface area contributed by atoms with Crippen molar-refractivity contribution in [2.45, 2.75) is 6.54 Å². The Morgan fingerprint density at radius 3 is 3.00 bits per heavy atom. The molecule has 84 valence electrons. The molecule has 2 heterocycles. The lowest BCUT2D eigenvalue weighted by Gasteiger charge is -2.04. The maximum absolute atomic E-state index is 5.48. The molecule has 2 rings (SSSR count). The lowest BCUT2D eigenvalue weighted by atomic mass is 10.3. The van der Waals surface area contributed by atoms with E-state index >= 15 is 0 Å². The van der Waals surface area contributed by atoms with Gasteiger partial charge in [-0.1, -0.05) is 0 Å². The molecule has 0 spiro atoms. The summed E-state index contributed by atoms with van der Waals surface area (Å²) in [5.41, 5.74) is 6.47. The van der Waals surface area contributed by atoms with Crippen LogP contribution in [0.3, 0.4) is 0 Å². The first-order valence-corrected chi connectivity index (χ1v) is 4.58. The molecule has 0 saturated carbocycles. The molecular formula is C9H11N5O2. The molecule has 0 radical (unpaired) electrons. The van der Waals surface area contributed by atoms with Crippen molar-refractivity contribution >= 4 is 11.9 Å². The van der Waals surface area contributed by atoms with Crippen molar-refractivity contribution in [3.05, 3.63) is 24.2 Å². The second-order valence-electron chi connectivity index (χ2n) is 2.99. The number of rotatable bonds is 4. The lowest BCUT2D eigenvalue weighted by Crippen LogP contribution is -2.07. The van der Waals surface area contributed by atoms with Gasteiger partial charge in [0.05, 0.1) is 19.6 Å². The Balaban J connectivity index is 2.06. The van der Waals surface area contributed by atoms with Crippen LogP contribution in [0.1, 0.15) is 5.56 Å². The van der Waals surface area contributed by atoms with Crippen molar-refractivity contribution in [3.63, 3.8) is 0 Å². The van der Waals surface area contributed by atoms with Crippen LogP contribution in [0.15, 0.2) is 23.0 Å². The van der Waals surface area contributed by atoms with E-state index in [0.29, 0.717) is 12.5 Å². The van der Waals surface area contributed by atoms with Crippen molar-refractivity contribution in [1.29, 1.82) is 0 Å². The van der Waals surface area contributed by atoms with Crippen LogP contribution in [0, 0.1) is 0 Å². The monoisotopic (exact) mass is 221 g/mol. The first-order chi connectivity index (χ1) is 7.78. The van der Waals surface area contributed by atoms with Gasteiger partial charge in [-0.3, -0.25) is 0 Å². The minimum atomic E-state index is 0.113. The summed E-state index contributed by atoms with van der Waals surface area (Å²) >= 11 is 0. The quantitative estimate of drug-likeness (QED) is 0.782. The molecule has 0 unspecified atom stereocenters. The highest BCUT2D eigenvalue weighted by atomic mass is 16.5. The summed E-state index contributed by atoms with van der Waals surface area (Å²) in [4.78, 5) is 11.7. The fourth-order valence-corrected chi connectivity index (χ4v) is 1.12. The van der Waals surface area contributed by atoms with Gasteiger partial charge < -0.3 is 20.2 Å². The number of nitrogens with one attached hydrogen (secondary N) is 1. The predicted molar refractivity (Wildman–Crippen MR) is 56.8 cm³/mol. The third-order valence-electron chi connectivity index (χ3n) is 1.85. The molecule has 0 aromatic carbocycles. The Labute approximate surface area is 91.7 Å². The molecule has 0 aliphatic carbocycles. The number of aromatic nitrogens is 3. The zero-order chi connectivity index (χ0) is 11.4. The van der Waals surface area contributed by atoms with Crippen molar-refractivity contribution in [2.75, 3.05) is 18.2 Å². The number of nitrogen functional groups attached to an aromatic ring is 1. The number of ether oxygens (including phenoxy) is 1. The predicted octanol–water partition coefficient (Wildman–Crippen LogP) is 0.667. The average molecular weight is 221 g/mol. The summed E-state index contributed by atoms with van der Waals surface area (Å²) < 4.78 is 9.80. The minimum absolute atomic E-state index is 0.113. The first-order valence-electron chi connectivity index (χ1n) is 4.58. The van der Waals surface area contributed by atoms with E-state index in [2.05, 4.69) is 20.3 Å². The molecule has 2 aromatic rings. The van der Waals surface area contributed by atoms with E-state index in [9.17, 15) is 0 Å². The third kappa shape index (κ3) is 2.38. The van der Waals surface area contributed by atoms with E-state index in [1.807, 2.05) is 6.07 Å². The van der Waals surface area contributed by atoms with Crippen LogP contribution >= 0.6 is 0 Å². The molecule has 0 aliphatic heterocycles. The zero-order valence-corrected chi connectivity index (χ0v) is 8.67. The van der Waals surface area contributed by atoms with Crippen LogP contribution < -0.4 is 15.8 Å². The SMILES string of the molecule is COc1nc(N)nc(NCc2ccoc2)n1. The molecule has 0 atom stereocenters. The second kappa shape index (κ2) is 4.47. The molecule has 7 nitrogen and oxygen atoms in total. The summed E-state index contributed by atoms with van der Waals surface area (Å²) in [6, 6.07) is 2.02. The van der Waals surface area contributed by atoms with E-state index < -0.39 is 0 Å². The van der Waals surface area contributed by atoms with E-state index in [4.69, 9.17) is 14.9 Å². The zero-order valence-electron chi connectivity index (χ0n) is 8.67. The van der Waals surface area contributed by atoms with Gasteiger partial charge in [-0.05, 0) is 6.07 Å². The Morgan fingerprint density at radius 1 is 1.44 bits per heavy atom. The molecule has 16 heavy (non-hydrogen) atoms. The molecule has 0 bridgehead atoms. The molecule has 7 heteroatoms. The van der Waals surface area contributed by atoms with Crippen LogP contribution in [-0.4, -0.2) is 22.1 Å². The fourth-order valence-electron chi connectivity index (χ4n) is 1.12. The number of methoxy groups -OCH3 is 1. The second-order valence-corrected chi connectivity index (χ2v) is 2.99. The number of hydrogen-bond donors (Lipinski definition) is 2. The van der Waals surface area contributed by atoms with Gasteiger partial charge in [0.15, 0.2) is 0 Å². The van der Waals surface area contributed by atoms with Crippen LogP contribution in [0.4, 0.5) is 11.9 Å². The largest absolute Gasteiger partial charge is 0.472 e. The van der Waals surface area contributed by atoms with E-state index in [-0.39, 0.29) is 12.0 Å². The molecule has 0 fully saturated rings. The van der Waals surface area contributed by atoms with Gasteiger partial charge in [0.25, 0.3) is 0 Å². The summed E-state index contributed by atoms with van der Waals surface area (Å²) in [7, 11) is 1.47. The standard InChI is InChI=1S/C9H11N5O2/c1-15-9-13-7(10)12-8(14-9)11-4-6-2-3-16-5-6/h2-3,5H,4H2,1H3,(H3,10,11,12,13,14). The normalized spacial score (nSPS) is 10.1. The lowest BCUT2D eigenvalue weighted by molar-refractivity contribution is 0.379. The van der Waals surface area contributed by atoms with Gasteiger partial charge in [0.1, 0.15) is 0 Å². The Morgan fingerprint density at radius 2 is 2.31 bits per heavy atom. The van der Waals surface area contributed by atoms with E-state index in [1.54, 1.807) is 12.5 Å². The van der Waals surface area contributed by atoms with Crippen LogP contribution in [0.5, 0.6) is 6.01 Å². The Bertz CT molecular complexity index is 457. The maximum Gasteiger partial charge on any atom is 0.322 e. The summed E-state index contributed by atoms with van der Waals surface area (Å²) in [5.74, 6) is 0.479. The van der Waals surface area contributed by atoms with Gasteiger partial charge in [0.2, 0.25) is 11.9 Å². The highest BCUT2D eigenvalue weighted by molar-refractivity contribution is 5.33. The van der Waals surface area contributed by atoms with Crippen molar-refractivity contribution < 1.29 is 9.15 Å². The van der Waals surface area contributed by atoms with Crippen LogP contribution in [0.25, 0.3) is 0 Å². The molecular weight excluding hydrogens is 210 g/mol. The Hall–Kier alpha value is -2.31. The maximum atomic E-state index is 5.48. The summed E-state index contributed by atoms with van der Waals surface area (Å²) in [6.07, 6.45) is 3.23. The molecule has 0 aliphatic rings. The van der Waals surface area contributed by atoms with Gasteiger partial charge in [0, 0.05) is 12.1 Å². The third-order valence-corrected chi connectivity index (χ3v) is 1.85. The number of anilines is 2. The molecule has 2 aromatic heterocycles. The molecule has 0 amide bonds. The van der Waals surface area contributed by atoms with E-state index in [0.717, 1.165) is 5.56 Å². The van der Waals surface area contributed by atoms with Gasteiger partial charge in [-0.15, -0.1) is 0 Å². The molecule has 0 saturated heterocycles. The van der Waals surface area contributed by atoms with Crippen LogP contribution in [0.2, 0.25) is 0 Å². The van der Waals surface area contributed by atoms with Gasteiger partial charge >= 0.3 is 6.01 Å². The number of nitrogens with zero attached hydrogens (tertiary/aromatic N) is 3. The average Bonchev–Trinajstić information content (AvgIpc) is 2.78. The minimum Gasteiger partial charge on any atom is -0.472 e. The van der Waals surface area contributed by atoms with E-state index in [1.165, 1.54) is 7.11 Å².